The van der Waals surface area contributed by atoms with E-state index >= 15 is 0 Å². The van der Waals surface area contributed by atoms with Crippen molar-refractivity contribution in [2.45, 2.75) is 12.8 Å². The molecule has 0 unspecified atom stereocenters. The lowest BCUT2D eigenvalue weighted by molar-refractivity contribution is -0.118. The molecular weight excluding hydrogens is 314 g/mol. The molecule has 0 atom stereocenters. The van der Waals surface area contributed by atoms with Crippen molar-refractivity contribution < 1.29 is 9.53 Å². The lowest BCUT2D eigenvalue weighted by Gasteiger charge is -2.30. The van der Waals surface area contributed by atoms with Gasteiger partial charge in [-0.1, -0.05) is 24.3 Å². The van der Waals surface area contributed by atoms with Crippen LogP contribution in [0.1, 0.15) is 12.0 Å². The third-order valence-corrected chi connectivity index (χ3v) is 4.59. The Morgan fingerprint density at radius 3 is 2.56 bits per heavy atom. The molecule has 0 aromatic heterocycles. The van der Waals surface area contributed by atoms with Crippen LogP contribution in [0.4, 0.5) is 17.1 Å². The number of nitrogens with two attached hydrogens (primary N) is 1. The molecule has 1 heterocycles. The van der Waals surface area contributed by atoms with Crippen molar-refractivity contribution in [1.82, 2.24) is 0 Å². The highest BCUT2D eigenvalue weighted by Crippen LogP contribution is 2.26. The van der Waals surface area contributed by atoms with Crippen LogP contribution in [0.2, 0.25) is 0 Å². The molecule has 1 aliphatic heterocycles. The molecule has 2 N–H and O–H groups in total. The molecule has 1 amide bonds. The first kappa shape index (κ1) is 17.3. The Kier molecular flexibility index (Phi) is 5.56. The summed E-state index contributed by atoms with van der Waals surface area (Å²) in [7, 11) is 1.81. The lowest BCUT2D eigenvalue weighted by atomic mass is 10.1. The summed E-state index contributed by atoms with van der Waals surface area (Å²) in [6, 6.07) is 15.8. The van der Waals surface area contributed by atoms with Crippen LogP contribution in [0.15, 0.2) is 48.5 Å². The minimum atomic E-state index is 0.0991. The minimum Gasteiger partial charge on any atom is -0.397 e. The highest BCUT2D eigenvalue weighted by Gasteiger charge is 2.15. The second-order valence-electron chi connectivity index (χ2n) is 6.28. The number of ether oxygens (including phenoxy) is 1. The molecule has 1 aliphatic rings. The van der Waals surface area contributed by atoms with Crippen molar-refractivity contribution in [1.29, 1.82) is 0 Å². The molecule has 0 radical (unpaired) electrons. The van der Waals surface area contributed by atoms with Gasteiger partial charge in [-0.05, 0) is 36.2 Å². The molecule has 0 saturated carbocycles. The Hall–Kier alpha value is -2.53. The summed E-state index contributed by atoms with van der Waals surface area (Å²) in [5, 5.41) is 0. The van der Waals surface area contributed by atoms with Gasteiger partial charge in [0.15, 0.2) is 0 Å². The van der Waals surface area contributed by atoms with Gasteiger partial charge >= 0.3 is 0 Å². The summed E-state index contributed by atoms with van der Waals surface area (Å²) in [4.78, 5) is 16.3. The number of carbonyl (C=O) groups is 1. The maximum absolute atomic E-state index is 12.4. The van der Waals surface area contributed by atoms with E-state index in [2.05, 4.69) is 17.0 Å². The molecule has 1 fully saturated rings. The smallest absolute Gasteiger partial charge is 0.227 e. The molecule has 5 heteroatoms. The van der Waals surface area contributed by atoms with Crippen molar-refractivity contribution in [2.75, 3.05) is 48.9 Å². The van der Waals surface area contributed by atoms with Crippen LogP contribution in [0.25, 0.3) is 0 Å². The van der Waals surface area contributed by atoms with Gasteiger partial charge in [0, 0.05) is 32.2 Å². The molecule has 2 aromatic rings. The van der Waals surface area contributed by atoms with E-state index in [1.54, 1.807) is 4.90 Å². The van der Waals surface area contributed by atoms with Gasteiger partial charge < -0.3 is 20.3 Å². The minimum absolute atomic E-state index is 0.0991. The molecule has 132 valence electrons. The first-order valence-electron chi connectivity index (χ1n) is 8.68. The van der Waals surface area contributed by atoms with Crippen molar-refractivity contribution in [3.63, 3.8) is 0 Å². The predicted molar refractivity (Wildman–Crippen MR) is 102 cm³/mol. The zero-order valence-electron chi connectivity index (χ0n) is 14.6. The third-order valence-electron chi connectivity index (χ3n) is 4.59. The van der Waals surface area contributed by atoms with Crippen LogP contribution in [0, 0.1) is 0 Å². The number of amides is 1. The fourth-order valence-electron chi connectivity index (χ4n) is 3.07. The molecular formula is C20H25N3O2. The van der Waals surface area contributed by atoms with Crippen molar-refractivity contribution >= 4 is 23.0 Å². The van der Waals surface area contributed by atoms with Gasteiger partial charge in [0.2, 0.25) is 5.91 Å². The van der Waals surface area contributed by atoms with Crippen molar-refractivity contribution in [3.05, 3.63) is 54.1 Å². The van der Waals surface area contributed by atoms with Gasteiger partial charge in [-0.2, -0.15) is 0 Å². The number of nitrogens with zero attached hydrogens (tertiary/aromatic N) is 2. The summed E-state index contributed by atoms with van der Waals surface area (Å²) in [6.45, 7) is 3.21. The lowest BCUT2D eigenvalue weighted by Crippen LogP contribution is -2.36. The quantitative estimate of drug-likeness (QED) is 0.851. The first-order valence-corrected chi connectivity index (χ1v) is 8.68. The average Bonchev–Trinajstić information content (AvgIpc) is 2.67. The summed E-state index contributed by atoms with van der Waals surface area (Å²) < 4.78 is 5.38. The van der Waals surface area contributed by atoms with E-state index in [0.29, 0.717) is 12.8 Å². The average molecular weight is 339 g/mol. The van der Waals surface area contributed by atoms with E-state index < -0.39 is 0 Å². The number of nitrogen functional groups attached to an aromatic ring is 1. The number of benzene rings is 2. The zero-order chi connectivity index (χ0) is 17.6. The third kappa shape index (κ3) is 4.31. The summed E-state index contributed by atoms with van der Waals surface area (Å²) in [5.41, 5.74) is 10.1. The fourth-order valence-corrected chi connectivity index (χ4v) is 3.07. The van der Waals surface area contributed by atoms with Gasteiger partial charge in [0.05, 0.1) is 24.6 Å². The molecule has 0 spiro atoms. The van der Waals surface area contributed by atoms with Crippen LogP contribution in [-0.2, 0) is 16.0 Å². The topological polar surface area (TPSA) is 58.8 Å². The Bertz CT molecular complexity index is 712. The van der Waals surface area contributed by atoms with E-state index in [1.807, 2.05) is 43.4 Å². The van der Waals surface area contributed by atoms with E-state index in [-0.39, 0.29) is 5.91 Å². The maximum Gasteiger partial charge on any atom is 0.227 e. The van der Waals surface area contributed by atoms with Crippen LogP contribution in [0.3, 0.4) is 0 Å². The number of para-hydroxylation sites is 1. The monoisotopic (exact) mass is 339 g/mol. The molecule has 2 aromatic carbocycles. The molecule has 25 heavy (non-hydrogen) atoms. The van der Waals surface area contributed by atoms with Crippen molar-refractivity contribution in [3.8, 4) is 0 Å². The summed E-state index contributed by atoms with van der Waals surface area (Å²) in [6.07, 6.45) is 1.14. The molecule has 0 aliphatic carbocycles. The normalized spacial score (nSPS) is 14.4. The van der Waals surface area contributed by atoms with E-state index in [0.717, 1.165) is 48.9 Å². The highest BCUT2D eigenvalue weighted by molar-refractivity contribution is 5.92. The zero-order valence-corrected chi connectivity index (χ0v) is 14.6. The largest absolute Gasteiger partial charge is 0.397 e. The number of carbonyl (C=O) groups excluding carboxylic acids is 1. The van der Waals surface area contributed by atoms with Gasteiger partial charge in [-0.3, -0.25) is 4.79 Å². The first-order chi connectivity index (χ1) is 12.1. The maximum atomic E-state index is 12.4. The van der Waals surface area contributed by atoms with Gasteiger partial charge in [-0.25, -0.2) is 0 Å². The van der Waals surface area contributed by atoms with Gasteiger partial charge in [-0.15, -0.1) is 0 Å². The van der Waals surface area contributed by atoms with Crippen LogP contribution < -0.4 is 15.5 Å². The number of rotatable bonds is 5. The number of morpholine rings is 1. The van der Waals surface area contributed by atoms with Gasteiger partial charge in [0.1, 0.15) is 0 Å². The molecule has 0 bridgehead atoms. The van der Waals surface area contributed by atoms with E-state index in [9.17, 15) is 4.79 Å². The van der Waals surface area contributed by atoms with Crippen LogP contribution in [0.5, 0.6) is 0 Å². The molecule has 1 saturated heterocycles. The summed E-state index contributed by atoms with van der Waals surface area (Å²) in [5.74, 6) is 0.0991. The number of hydrogen-bond donors (Lipinski definition) is 1. The second-order valence-corrected chi connectivity index (χ2v) is 6.28. The molecule has 5 nitrogen and oxygen atoms in total. The van der Waals surface area contributed by atoms with Gasteiger partial charge in [0.25, 0.3) is 0 Å². The van der Waals surface area contributed by atoms with Crippen LogP contribution in [-0.4, -0.2) is 39.3 Å². The van der Waals surface area contributed by atoms with E-state index in [4.69, 9.17) is 10.5 Å². The number of anilines is 3. The SMILES string of the molecule is CN(C(=O)CCc1ccc(N2CCOCC2)c(N)c1)c1ccccc1. The Morgan fingerprint density at radius 1 is 1.16 bits per heavy atom. The van der Waals surface area contributed by atoms with Crippen LogP contribution >= 0.6 is 0 Å². The predicted octanol–water partition coefficient (Wildman–Crippen LogP) is 2.70. The standard InChI is InChI=1S/C20H25N3O2/c1-22(17-5-3-2-4-6-17)20(24)10-8-16-7-9-19(18(21)15-16)23-11-13-25-14-12-23/h2-7,9,15H,8,10-14,21H2,1H3. The van der Waals surface area contributed by atoms with E-state index in [1.165, 1.54) is 0 Å². The Morgan fingerprint density at radius 2 is 1.88 bits per heavy atom. The summed E-state index contributed by atoms with van der Waals surface area (Å²) >= 11 is 0. The second kappa shape index (κ2) is 8.03. The fraction of sp³-hybridized carbons (Fsp3) is 0.350. The molecule has 3 rings (SSSR count). The Balaban J connectivity index is 1.59. The Labute approximate surface area is 149 Å². The number of hydrogen-bond acceptors (Lipinski definition) is 4. The highest BCUT2D eigenvalue weighted by atomic mass is 16.5. The number of aryl methyl sites for hydroxylation is 1. The van der Waals surface area contributed by atoms with Crippen molar-refractivity contribution in [2.24, 2.45) is 0 Å².